The van der Waals surface area contributed by atoms with Crippen LogP contribution in [0.1, 0.15) is 13.8 Å². The maximum absolute atomic E-state index is 12.4. The van der Waals surface area contributed by atoms with Gasteiger partial charge in [-0.3, -0.25) is 4.79 Å². The van der Waals surface area contributed by atoms with Crippen LogP contribution < -0.4 is 0 Å². The second-order valence-corrected chi connectivity index (χ2v) is 4.90. The highest BCUT2D eigenvalue weighted by Crippen LogP contribution is 2.59. The smallest absolute Gasteiger partial charge is 0.281 e. The van der Waals surface area contributed by atoms with E-state index in [0.29, 0.717) is 6.08 Å². The molecule has 0 aromatic rings. The minimum absolute atomic E-state index is 0.246. The predicted octanol–water partition coefficient (Wildman–Crippen LogP) is 4.00. The second-order valence-electron chi connectivity index (χ2n) is 4.53. The highest BCUT2D eigenvalue weighted by atomic mass is 35.5. The first-order valence-corrected chi connectivity index (χ1v) is 5.27. The fraction of sp³-hybridized carbons (Fsp3) is 0.545. The first-order chi connectivity index (χ1) is 7.58. The van der Waals surface area contributed by atoms with Gasteiger partial charge < -0.3 is 0 Å². The van der Waals surface area contributed by atoms with Crippen molar-refractivity contribution in [2.75, 3.05) is 0 Å². The van der Waals surface area contributed by atoms with Crippen LogP contribution in [0.5, 0.6) is 0 Å². The normalized spacial score (nSPS) is 28.5. The predicted molar refractivity (Wildman–Crippen MR) is 56.0 cm³/mol. The molecule has 0 saturated heterocycles. The maximum Gasteiger partial charge on any atom is 0.442 e. The molecule has 2 unspecified atom stereocenters. The molecular formula is C11H11ClF4O. The van der Waals surface area contributed by atoms with Crippen molar-refractivity contribution in [2.24, 2.45) is 17.3 Å². The van der Waals surface area contributed by atoms with Crippen molar-refractivity contribution >= 4 is 16.8 Å². The summed E-state index contributed by atoms with van der Waals surface area (Å²) in [6.07, 6.45) is -2.29. The van der Waals surface area contributed by atoms with E-state index in [0.717, 1.165) is 6.08 Å². The Morgan fingerprint density at radius 3 is 2.24 bits per heavy atom. The SMILES string of the molecule is CC1(C)C(C=CC=C(F)C(F)(F)F)C1C(=O)Cl. The van der Waals surface area contributed by atoms with Crippen LogP contribution in [-0.2, 0) is 4.79 Å². The first-order valence-electron chi connectivity index (χ1n) is 4.89. The van der Waals surface area contributed by atoms with Crippen LogP contribution in [0.25, 0.3) is 0 Å². The Kier molecular flexibility index (Phi) is 3.72. The Balaban J connectivity index is 2.67. The van der Waals surface area contributed by atoms with Gasteiger partial charge in [-0.2, -0.15) is 13.2 Å². The monoisotopic (exact) mass is 270 g/mol. The molecule has 0 aromatic heterocycles. The van der Waals surface area contributed by atoms with E-state index in [1.165, 1.54) is 6.08 Å². The third kappa shape index (κ3) is 3.09. The zero-order chi connectivity index (χ0) is 13.4. The maximum atomic E-state index is 12.4. The van der Waals surface area contributed by atoms with Gasteiger partial charge in [0.05, 0.1) is 0 Å². The fourth-order valence-electron chi connectivity index (χ4n) is 1.82. The van der Waals surface area contributed by atoms with Gasteiger partial charge in [-0.15, -0.1) is 0 Å². The van der Waals surface area contributed by atoms with Gasteiger partial charge in [0.1, 0.15) is 0 Å². The second kappa shape index (κ2) is 4.44. The highest BCUT2D eigenvalue weighted by molar-refractivity contribution is 6.64. The number of rotatable bonds is 3. The van der Waals surface area contributed by atoms with Crippen molar-refractivity contribution in [1.82, 2.24) is 0 Å². The van der Waals surface area contributed by atoms with Crippen LogP contribution in [0.3, 0.4) is 0 Å². The van der Waals surface area contributed by atoms with Crippen molar-refractivity contribution in [1.29, 1.82) is 0 Å². The molecule has 0 bridgehead atoms. The van der Waals surface area contributed by atoms with Crippen LogP contribution >= 0.6 is 11.6 Å². The number of halogens is 5. The van der Waals surface area contributed by atoms with Gasteiger partial charge >= 0.3 is 6.18 Å². The fourth-order valence-corrected chi connectivity index (χ4v) is 2.24. The molecule has 1 fully saturated rings. The topological polar surface area (TPSA) is 17.1 Å². The van der Waals surface area contributed by atoms with Crippen molar-refractivity contribution in [3.63, 3.8) is 0 Å². The van der Waals surface area contributed by atoms with Crippen molar-refractivity contribution in [2.45, 2.75) is 20.0 Å². The molecule has 96 valence electrons. The van der Waals surface area contributed by atoms with Crippen LogP contribution in [0.2, 0.25) is 0 Å². The first kappa shape index (κ1) is 14.2. The molecule has 1 saturated carbocycles. The summed E-state index contributed by atoms with van der Waals surface area (Å²) in [7, 11) is 0. The average molecular weight is 271 g/mol. The lowest BCUT2D eigenvalue weighted by Gasteiger charge is -2.00. The van der Waals surface area contributed by atoms with Crippen LogP contribution in [0.15, 0.2) is 24.1 Å². The van der Waals surface area contributed by atoms with Crippen LogP contribution in [0, 0.1) is 17.3 Å². The summed E-state index contributed by atoms with van der Waals surface area (Å²) in [6, 6.07) is 0. The van der Waals surface area contributed by atoms with E-state index in [-0.39, 0.29) is 11.3 Å². The Labute approximate surface area is 101 Å². The minimum atomic E-state index is -4.97. The lowest BCUT2D eigenvalue weighted by atomic mass is 10.1. The molecule has 1 aliphatic rings. The number of alkyl halides is 3. The van der Waals surface area contributed by atoms with Gasteiger partial charge in [0.25, 0.3) is 0 Å². The Morgan fingerprint density at radius 1 is 1.35 bits per heavy atom. The number of hydrogen-bond acceptors (Lipinski definition) is 1. The summed E-state index contributed by atoms with van der Waals surface area (Å²) < 4.78 is 47.8. The summed E-state index contributed by atoms with van der Waals surface area (Å²) in [5.41, 5.74) is -0.377. The van der Waals surface area contributed by atoms with E-state index < -0.39 is 23.2 Å². The van der Waals surface area contributed by atoms with E-state index >= 15 is 0 Å². The summed E-state index contributed by atoms with van der Waals surface area (Å²) in [4.78, 5) is 11.0. The molecule has 0 N–H and O–H groups in total. The van der Waals surface area contributed by atoms with Crippen LogP contribution in [-0.4, -0.2) is 11.4 Å². The van der Waals surface area contributed by atoms with Crippen molar-refractivity contribution in [3.8, 4) is 0 Å². The van der Waals surface area contributed by atoms with Gasteiger partial charge in [0, 0.05) is 5.92 Å². The van der Waals surface area contributed by atoms with E-state index in [1.54, 1.807) is 13.8 Å². The van der Waals surface area contributed by atoms with E-state index in [4.69, 9.17) is 11.6 Å². The number of carbonyl (C=O) groups is 1. The molecule has 2 atom stereocenters. The Hall–Kier alpha value is -0.840. The van der Waals surface area contributed by atoms with Gasteiger partial charge in [-0.25, -0.2) is 4.39 Å². The average Bonchev–Trinajstić information content (AvgIpc) is 2.66. The molecule has 0 aromatic carbocycles. The highest BCUT2D eigenvalue weighted by Gasteiger charge is 2.59. The molecule has 0 spiro atoms. The molecular weight excluding hydrogens is 260 g/mol. The zero-order valence-corrected chi connectivity index (χ0v) is 9.94. The molecule has 1 rings (SSSR count). The van der Waals surface area contributed by atoms with Crippen molar-refractivity contribution in [3.05, 3.63) is 24.1 Å². The summed E-state index contributed by atoms with van der Waals surface area (Å²) in [6.45, 7) is 3.55. The number of carbonyl (C=O) groups excluding carboxylic acids is 1. The summed E-state index contributed by atoms with van der Waals surface area (Å²) in [5, 5.41) is -0.523. The molecule has 17 heavy (non-hydrogen) atoms. The molecule has 0 aliphatic heterocycles. The Bertz CT molecular complexity index is 381. The summed E-state index contributed by atoms with van der Waals surface area (Å²) >= 11 is 5.33. The molecule has 6 heteroatoms. The zero-order valence-electron chi connectivity index (χ0n) is 9.18. The number of allylic oxidation sites excluding steroid dienone is 4. The van der Waals surface area contributed by atoms with Gasteiger partial charge in [-0.05, 0) is 29.0 Å². The van der Waals surface area contributed by atoms with E-state index in [2.05, 4.69) is 0 Å². The third-order valence-corrected chi connectivity index (χ3v) is 3.22. The summed E-state index contributed by atoms with van der Waals surface area (Å²) in [5.74, 6) is -2.83. The lowest BCUT2D eigenvalue weighted by Crippen LogP contribution is -2.07. The van der Waals surface area contributed by atoms with Crippen LogP contribution in [0.4, 0.5) is 17.6 Å². The van der Waals surface area contributed by atoms with Gasteiger partial charge in [-0.1, -0.05) is 26.0 Å². The van der Waals surface area contributed by atoms with E-state index in [1.807, 2.05) is 0 Å². The lowest BCUT2D eigenvalue weighted by molar-refractivity contribution is -0.113. The molecule has 0 radical (unpaired) electrons. The standard InChI is InChI=1S/C11H11ClF4O/c1-10(2)6(8(10)9(12)17)4-3-5-7(13)11(14,15)16/h3-6,8H,1-2H3. The molecule has 1 aliphatic carbocycles. The third-order valence-electron chi connectivity index (χ3n) is 2.99. The molecule has 1 nitrogen and oxygen atoms in total. The Morgan fingerprint density at radius 2 is 1.88 bits per heavy atom. The minimum Gasteiger partial charge on any atom is -0.281 e. The molecule has 0 heterocycles. The van der Waals surface area contributed by atoms with E-state index in [9.17, 15) is 22.4 Å². The van der Waals surface area contributed by atoms with Gasteiger partial charge in [0.2, 0.25) is 11.1 Å². The largest absolute Gasteiger partial charge is 0.442 e. The quantitative estimate of drug-likeness (QED) is 0.430. The van der Waals surface area contributed by atoms with Gasteiger partial charge in [0.15, 0.2) is 0 Å². The molecule has 0 amide bonds. The van der Waals surface area contributed by atoms with Crippen molar-refractivity contribution < 1.29 is 22.4 Å². The number of hydrogen-bond donors (Lipinski definition) is 0.